The molecule has 1 fully saturated rings. The van der Waals surface area contributed by atoms with Crippen LogP contribution in [0.3, 0.4) is 0 Å². The molecule has 82 valence electrons. The van der Waals surface area contributed by atoms with Crippen LogP contribution < -0.4 is 5.32 Å². The van der Waals surface area contributed by atoms with Crippen LogP contribution in [0.25, 0.3) is 0 Å². The lowest BCUT2D eigenvalue weighted by Crippen LogP contribution is -2.09. The summed E-state index contributed by atoms with van der Waals surface area (Å²) in [6, 6.07) is 2.65. The third-order valence-electron chi connectivity index (χ3n) is 2.83. The van der Waals surface area contributed by atoms with Gasteiger partial charge in [-0.15, -0.1) is 0 Å². The monoisotopic (exact) mass is 205 g/mol. The Kier molecular flexibility index (Phi) is 2.63. The molecule has 1 aliphatic carbocycles. The van der Waals surface area contributed by atoms with Crippen LogP contribution in [0.1, 0.15) is 44.6 Å². The van der Waals surface area contributed by atoms with E-state index in [1.165, 1.54) is 6.42 Å². The maximum Gasteiger partial charge on any atom is 0.133 e. The van der Waals surface area contributed by atoms with Gasteiger partial charge < -0.3 is 5.32 Å². The lowest BCUT2D eigenvalue weighted by Gasteiger charge is -2.09. The molecule has 15 heavy (non-hydrogen) atoms. The molecule has 0 aromatic carbocycles. The largest absolute Gasteiger partial charge is 0.367 e. The zero-order chi connectivity index (χ0) is 11.0. The van der Waals surface area contributed by atoms with Gasteiger partial charge in [0, 0.05) is 23.7 Å². The molecular weight excluding hydrogens is 186 g/mol. The first-order valence-corrected chi connectivity index (χ1v) is 5.68. The van der Waals surface area contributed by atoms with Gasteiger partial charge in [0.15, 0.2) is 0 Å². The lowest BCUT2D eigenvalue weighted by atomic mass is 10.2. The maximum absolute atomic E-state index is 4.53. The second-order valence-electron chi connectivity index (χ2n) is 4.87. The van der Waals surface area contributed by atoms with Gasteiger partial charge in [-0.05, 0) is 19.3 Å². The van der Waals surface area contributed by atoms with Crippen LogP contribution in [0.5, 0.6) is 0 Å². The highest BCUT2D eigenvalue weighted by Crippen LogP contribution is 2.32. The van der Waals surface area contributed by atoms with Crippen molar-refractivity contribution in [3.05, 3.63) is 17.6 Å². The van der Waals surface area contributed by atoms with Crippen molar-refractivity contribution in [1.82, 2.24) is 9.97 Å². The van der Waals surface area contributed by atoms with E-state index in [0.717, 1.165) is 23.3 Å². The summed E-state index contributed by atoms with van der Waals surface area (Å²) in [6.45, 7) is 8.53. The van der Waals surface area contributed by atoms with Crippen molar-refractivity contribution in [3.63, 3.8) is 0 Å². The molecule has 3 heteroatoms. The standard InChI is InChI=1S/C12H19N3/c1-7(2)12-13-9(4)6-11(15-12)14-10-5-8(10)3/h6-8,10H,5H2,1-4H3,(H,13,14,15). The Morgan fingerprint density at radius 2 is 2.07 bits per heavy atom. The van der Waals surface area contributed by atoms with E-state index in [1.54, 1.807) is 0 Å². The first-order valence-electron chi connectivity index (χ1n) is 5.68. The summed E-state index contributed by atoms with van der Waals surface area (Å²) in [5.74, 6) is 3.11. The van der Waals surface area contributed by atoms with Gasteiger partial charge >= 0.3 is 0 Å². The van der Waals surface area contributed by atoms with E-state index in [9.17, 15) is 0 Å². The number of hydrogen-bond donors (Lipinski definition) is 1. The van der Waals surface area contributed by atoms with Gasteiger partial charge in [0.1, 0.15) is 11.6 Å². The van der Waals surface area contributed by atoms with Gasteiger partial charge in [0.05, 0.1) is 0 Å². The van der Waals surface area contributed by atoms with Crippen molar-refractivity contribution in [3.8, 4) is 0 Å². The fraction of sp³-hybridized carbons (Fsp3) is 0.667. The fourth-order valence-corrected chi connectivity index (χ4v) is 1.64. The zero-order valence-electron chi connectivity index (χ0n) is 9.91. The van der Waals surface area contributed by atoms with Crippen LogP contribution in [0, 0.1) is 12.8 Å². The predicted molar refractivity (Wildman–Crippen MR) is 62.0 cm³/mol. The molecule has 2 atom stereocenters. The number of anilines is 1. The average Bonchev–Trinajstić information content (AvgIpc) is 2.80. The van der Waals surface area contributed by atoms with Crippen molar-refractivity contribution < 1.29 is 0 Å². The van der Waals surface area contributed by atoms with Gasteiger partial charge in [-0.25, -0.2) is 9.97 Å². The van der Waals surface area contributed by atoms with Crippen LogP contribution in [0.4, 0.5) is 5.82 Å². The topological polar surface area (TPSA) is 37.8 Å². The Bertz CT molecular complexity index is 360. The zero-order valence-corrected chi connectivity index (χ0v) is 9.91. The molecule has 0 spiro atoms. The highest BCUT2D eigenvalue weighted by Gasteiger charge is 2.32. The van der Waals surface area contributed by atoms with E-state index in [1.807, 2.05) is 13.0 Å². The van der Waals surface area contributed by atoms with Crippen LogP contribution in [0.2, 0.25) is 0 Å². The van der Waals surface area contributed by atoms with Crippen molar-refractivity contribution in [1.29, 1.82) is 0 Å². The normalized spacial score (nSPS) is 24.3. The van der Waals surface area contributed by atoms with Gasteiger partial charge in [-0.3, -0.25) is 0 Å². The maximum atomic E-state index is 4.53. The van der Waals surface area contributed by atoms with Crippen LogP contribution in [-0.4, -0.2) is 16.0 Å². The Morgan fingerprint density at radius 1 is 1.40 bits per heavy atom. The van der Waals surface area contributed by atoms with E-state index >= 15 is 0 Å². The summed E-state index contributed by atoms with van der Waals surface area (Å²) < 4.78 is 0. The first-order chi connectivity index (χ1) is 7.06. The minimum Gasteiger partial charge on any atom is -0.367 e. The Balaban J connectivity index is 2.16. The smallest absolute Gasteiger partial charge is 0.133 e. The third kappa shape index (κ3) is 2.46. The van der Waals surface area contributed by atoms with Gasteiger partial charge in [-0.1, -0.05) is 20.8 Å². The molecule has 0 amide bonds. The van der Waals surface area contributed by atoms with E-state index in [4.69, 9.17) is 0 Å². The second kappa shape index (κ2) is 3.80. The van der Waals surface area contributed by atoms with E-state index in [-0.39, 0.29) is 0 Å². The predicted octanol–water partition coefficient (Wildman–Crippen LogP) is 2.73. The Hall–Kier alpha value is -1.12. The van der Waals surface area contributed by atoms with Crippen molar-refractivity contribution >= 4 is 5.82 Å². The average molecular weight is 205 g/mol. The van der Waals surface area contributed by atoms with Crippen molar-refractivity contribution in [2.75, 3.05) is 5.32 Å². The molecule has 2 rings (SSSR count). The molecule has 1 aliphatic rings. The highest BCUT2D eigenvalue weighted by atomic mass is 15.1. The van der Waals surface area contributed by atoms with Crippen LogP contribution in [-0.2, 0) is 0 Å². The summed E-state index contributed by atoms with van der Waals surface area (Å²) in [5, 5.41) is 3.45. The number of rotatable bonds is 3. The molecule has 1 aromatic heterocycles. The molecule has 1 heterocycles. The number of aromatic nitrogens is 2. The van der Waals surface area contributed by atoms with Crippen molar-refractivity contribution in [2.45, 2.75) is 46.1 Å². The molecule has 1 aromatic rings. The molecule has 3 nitrogen and oxygen atoms in total. The first kappa shape index (κ1) is 10.4. The third-order valence-corrected chi connectivity index (χ3v) is 2.83. The summed E-state index contributed by atoms with van der Waals surface area (Å²) >= 11 is 0. The molecular formula is C12H19N3. The summed E-state index contributed by atoms with van der Waals surface area (Å²) in [6.07, 6.45) is 1.26. The minimum atomic E-state index is 0.391. The SMILES string of the molecule is Cc1cc(NC2CC2C)nc(C(C)C)n1. The number of nitrogens with zero attached hydrogens (tertiary/aromatic N) is 2. The Morgan fingerprint density at radius 3 is 2.60 bits per heavy atom. The Labute approximate surface area is 91.3 Å². The van der Waals surface area contributed by atoms with E-state index < -0.39 is 0 Å². The van der Waals surface area contributed by atoms with Gasteiger partial charge in [-0.2, -0.15) is 0 Å². The second-order valence-corrected chi connectivity index (χ2v) is 4.87. The minimum absolute atomic E-state index is 0.391. The van der Waals surface area contributed by atoms with Gasteiger partial charge in [0.25, 0.3) is 0 Å². The van der Waals surface area contributed by atoms with Crippen LogP contribution >= 0.6 is 0 Å². The van der Waals surface area contributed by atoms with Crippen LogP contribution in [0.15, 0.2) is 6.07 Å². The summed E-state index contributed by atoms with van der Waals surface area (Å²) in [7, 11) is 0. The fourth-order valence-electron chi connectivity index (χ4n) is 1.64. The molecule has 0 radical (unpaired) electrons. The molecule has 0 aliphatic heterocycles. The summed E-state index contributed by atoms with van der Waals surface area (Å²) in [5.41, 5.74) is 1.05. The molecule has 0 bridgehead atoms. The van der Waals surface area contributed by atoms with E-state index in [2.05, 4.69) is 36.1 Å². The molecule has 0 saturated heterocycles. The summed E-state index contributed by atoms with van der Waals surface area (Å²) in [4.78, 5) is 8.95. The lowest BCUT2D eigenvalue weighted by molar-refractivity contribution is 0.765. The molecule has 2 unspecified atom stereocenters. The highest BCUT2D eigenvalue weighted by molar-refractivity contribution is 5.39. The molecule has 1 N–H and O–H groups in total. The number of hydrogen-bond acceptors (Lipinski definition) is 3. The molecule has 1 saturated carbocycles. The quantitative estimate of drug-likeness (QED) is 0.824. The number of aryl methyl sites for hydroxylation is 1. The van der Waals surface area contributed by atoms with Gasteiger partial charge in [0.2, 0.25) is 0 Å². The van der Waals surface area contributed by atoms with E-state index in [0.29, 0.717) is 12.0 Å². The van der Waals surface area contributed by atoms with Crippen molar-refractivity contribution in [2.24, 2.45) is 5.92 Å². The number of nitrogens with one attached hydrogen (secondary N) is 1.